The summed E-state index contributed by atoms with van der Waals surface area (Å²) in [6, 6.07) is 40.7. The van der Waals surface area contributed by atoms with Crippen LogP contribution >= 0.6 is 0 Å². The summed E-state index contributed by atoms with van der Waals surface area (Å²) >= 11 is 0. The Bertz CT molecular complexity index is 1650. The Kier molecular flexibility index (Phi) is 11.5. The Morgan fingerprint density at radius 1 is 0.591 bits per heavy atom. The van der Waals surface area contributed by atoms with E-state index in [0.717, 1.165) is 33.4 Å². The first kappa shape index (κ1) is 30.9. The average Bonchev–Trinajstić information content (AvgIpc) is 3.08. The van der Waals surface area contributed by atoms with Crippen LogP contribution in [0.1, 0.15) is 22.3 Å². The van der Waals surface area contributed by atoms with Crippen molar-refractivity contribution in [3.63, 3.8) is 0 Å². The van der Waals surface area contributed by atoms with Gasteiger partial charge >= 0.3 is 11.9 Å². The second kappa shape index (κ2) is 16.4. The van der Waals surface area contributed by atoms with Gasteiger partial charge in [0.2, 0.25) is 0 Å². The summed E-state index contributed by atoms with van der Waals surface area (Å²) in [4.78, 5) is 29.1. The minimum Gasteiger partial charge on any atom is -0.458 e. The smallest absolute Gasteiger partial charge is 0.357 e. The fourth-order valence-electron chi connectivity index (χ4n) is 4.27. The zero-order chi connectivity index (χ0) is 31.0. The summed E-state index contributed by atoms with van der Waals surface area (Å²) < 4.78 is 10.5. The third-order valence-electron chi connectivity index (χ3n) is 6.43. The monoisotopic (exact) mass is 578 g/mol. The van der Waals surface area contributed by atoms with Crippen molar-refractivity contribution in [3.05, 3.63) is 179 Å². The zero-order valence-corrected chi connectivity index (χ0v) is 24.0. The lowest BCUT2D eigenvalue weighted by Gasteiger charge is -2.09. The quantitative estimate of drug-likeness (QED) is 0.0437. The van der Waals surface area contributed by atoms with Crippen LogP contribution in [0.2, 0.25) is 0 Å². The van der Waals surface area contributed by atoms with E-state index in [0.29, 0.717) is 0 Å². The Morgan fingerprint density at radius 3 is 1.32 bits per heavy atom. The second-order valence-corrected chi connectivity index (χ2v) is 9.30. The molecule has 44 heavy (non-hydrogen) atoms. The molecule has 0 unspecified atom stereocenters. The highest BCUT2D eigenvalue weighted by Crippen LogP contribution is 2.25. The van der Waals surface area contributed by atoms with Crippen molar-refractivity contribution >= 4 is 29.8 Å². The first-order chi connectivity index (χ1) is 21.6. The lowest BCUT2D eigenvalue weighted by molar-refractivity contribution is -0.147. The molecule has 216 valence electrons. The van der Waals surface area contributed by atoms with Gasteiger partial charge in [0.25, 0.3) is 0 Å². The predicted molar refractivity (Wildman–Crippen MR) is 173 cm³/mol. The molecule has 0 aliphatic rings. The molecule has 4 aromatic carbocycles. The summed E-state index contributed by atoms with van der Waals surface area (Å²) in [5.41, 5.74) is 5.34. The average molecular weight is 579 g/mol. The third-order valence-corrected chi connectivity index (χ3v) is 6.43. The number of carbonyl (C=O) groups is 2. The van der Waals surface area contributed by atoms with Crippen LogP contribution in [-0.2, 0) is 19.1 Å². The number of nitriles is 1. The molecule has 0 fully saturated rings. The molecule has 0 aliphatic carbocycles. The number of carbonyl (C=O) groups excluding carboxylic acids is 2. The summed E-state index contributed by atoms with van der Waals surface area (Å²) in [6.45, 7) is 3.03. The van der Waals surface area contributed by atoms with E-state index >= 15 is 0 Å². The Balaban J connectivity index is 1.40. The normalized spacial score (nSPS) is 11.0. The van der Waals surface area contributed by atoms with Crippen molar-refractivity contribution in [1.29, 1.82) is 5.26 Å². The Hall–Kier alpha value is -6.06. The van der Waals surface area contributed by atoms with Crippen molar-refractivity contribution in [1.82, 2.24) is 0 Å². The van der Waals surface area contributed by atoms with Gasteiger partial charge in [0.1, 0.15) is 30.6 Å². The van der Waals surface area contributed by atoms with Crippen LogP contribution in [0.4, 0.5) is 0 Å². The maximum absolute atomic E-state index is 12.7. The minimum atomic E-state index is -0.823. The first-order valence-electron chi connectivity index (χ1n) is 13.9. The van der Waals surface area contributed by atoms with Gasteiger partial charge in [0.05, 0.1) is 0 Å². The minimum absolute atomic E-state index is 0.00205. The number of hydrogen-bond donors (Lipinski definition) is 0. The molecule has 4 aromatic rings. The van der Waals surface area contributed by atoms with E-state index in [9.17, 15) is 14.9 Å². The predicted octanol–water partition coefficient (Wildman–Crippen LogP) is 7.37. The summed E-state index contributed by atoms with van der Waals surface area (Å²) in [7, 11) is 0. The van der Waals surface area contributed by atoms with Crippen LogP contribution in [0.15, 0.2) is 162 Å². The van der Waals surface area contributed by atoms with E-state index in [1.165, 1.54) is 12.2 Å². The van der Waals surface area contributed by atoms with Gasteiger partial charge in [-0.1, -0.05) is 133 Å². The van der Waals surface area contributed by atoms with Crippen LogP contribution in [-0.4, -0.2) is 31.9 Å². The molecule has 0 spiro atoms. The van der Waals surface area contributed by atoms with Gasteiger partial charge in [-0.15, -0.1) is 0 Å². The number of hydrogen-bond acceptors (Lipinski definition) is 6. The lowest BCUT2D eigenvalue weighted by Crippen LogP contribution is -2.15. The molecule has 0 atom stereocenters. The maximum Gasteiger partial charge on any atom is 0.357 e. The van der Waals surface area contributed by atoms with Crippen molar-refractivity contribution < 1.29 is 19.1 Å². The standard InChI is InChI=1S/C38H30N2O4/c1-40-36(25-24-35(31-18-10-4-11-19-31)32-20-12-5-13-21-32)38(42)44-27-26-43-37(41)33(28-39)22-23-34(29-14-6-2-7-15-29)30-16-8-3-9-17-30/h2-25H,1,26-27H2. The molecule has 0 heterocycles. The molecule has 6 nitrogen and oxygen atoms in total. The van der Waals surface area contributed by atoms with Gasteiger partial charge in [0.15, 0.2) is 0 Å². The van der Waals surface area contributed by atoms with E-state index in [1.807, 2.05) is 127 Å². The molecule has 0 amide bonds. The van der Waals surface area contributed by atoms with E-state index < -0.39 is 11.9 Å². The number of allylic oxidation sites excluding steroid dienone is 4. The van der Waals surface area contributed by atoms with E-state index in [1.54, 1.807) is 12.2 Å². The molecule has 0 radical (unpaired) electrons. The number of rotatable bonds is 12. The van der Waals surface area contributed by atoms with Crippen molar-refractivity contribution in [2.75, 3.05) is 13.2 Å². The second-order valence-electron chi connectivity index (χ2n) is 9.30. The Morgan fingerprint density at radius 2 is 0.955 bits per heavy atom. The summed E-state index contributed by atoms with van der Waals surface area (Å²) in [5, 5.41) is 9.60. The number of benzene rings is 4. The number of aliphatic imine (C=N–C) groups is 1. The van der Waals surface area contributed by atoms with Gasteiger partial charge in [-0.25, -0.2) is 9.59 Å². The van der Waals surface area contributed by atoms with Gasteiger partial charge in [-0.3, -0.25) is 4.99 Å². The zero-order valence-electron chi connectivity index (χ0n) is 24.0. The van der Waals surface area contributed by atoms with Gasteiger partial charge in [-0.05, 0) is 52.3 Å². The van der Waals surface area contributed by atoms with Crippen molar-refractivity contribution in [2.24, 2.45) is 4.99 Å². The molecule has 0 saturated carbocycles. The van der Waals surface area contributed by atoms with Crippen LogP contribution in [0.3, 0.4) is 0 Å². The number of nitrogens with zero attached hydrogens (tertiary/aromatic N) is 2. The maximum atomic E-state index is 12.7. The fourth-order valence-corrected chi connectivity index (χ4v) is 4.27. The van der Waals surface area contributed by atoms with Crippen LogP contribution in [0.25, 0.3) is 11.1 Å². The molecular formula is C38H30N2O4. The molecule has 0 bridgehead atoms. The summed E-state index contributed by atoms with van der Waals surface area (Å²) in [5.74, 6) is -1.54. The SMILES string of the molecule is C=NC(=CC=C(c1ccccc1)c1ccccc1)C(=O)OCCOC(=O)C(C#N)=CC=C(c1ccccc1)c1ccccc1. The number of esters is 2. The van der Waals surface area contributed by atoms with E-state index in [2.05, 4.69) is 11.7 Å². The molecule has 6 heteroatoms. The molecule has 0 N–H and O–H groups in total. The lowest BCUT2D eigenvalue weighted by atomic mass is 9.97. The van der Waals surface area contributed by atoms with Crippen molar-refractivity contribution in [2.45, 2.75) is 0 Å². The van der Waals surface area contributed by atoms with Crippen LogP contribution < -0.4 is 0 Å². The van der Waals surface area contributed by atoms with E-state index in [4.69, 9.17) is 9.47 Å². The highest BCUT2D eigenvalue weighted by atomic mass is 16.6. The van der Waals surface area contributed by atoms with Gasteiger partial charge in [0, 0.05) is 0 Å². The van der Waals surface area contributed by atoms with Gasteiger partial charge < -0.3 is 9.47 Å². The fraction of sp³-hybridized carbons (Fsp3) is 0.0526. The molecule has 4 rings (SSSR count). The third kappa shape index (κ3) is 8.72. The Labute approximate surface area is 257 Å². The molecule has 0 aliphatic heterocycles. The summed E-state index contributed by atoms with van der Waals surface area (Å²) in [6.07, 6.45) is 6.46. The number of ether oxygens (including phenoxy) is 2. The van der Waals surface area contributed by atoms with Gasteiger partial charge in [-0.2, -0.15) is 5.26 Å². The van der Waals surface area contributed by atoms with Crippen molar-refractivity contribution in [3.8, 4) is 6.07 Å². The largest absolute Gasteiger partial charge is 0.458 e. The molecule has 0 saturated heterocycles. The van der Waals surface area contributed by atoms with E-state index in [-0.39, 0.29) is 24.5 Å². The first-order valence-corrected chi connectivity index (χ1v) is 13.9. The van der Waals surface area contributed by atoms with Crippen LogP contribution in [0.5, 0.6) is 0 Å². The molecule has 0 aromatic heterocycles. The topological polar surface area (TPSA) is 88.8 Å². The molecular weight excluding hydrogens is 548 g/mol. The highest BCUT2D eigenvalue weighted by molar-refractivity contribution is 5.94. The van der Waals surface area contributed by atoms with Crippen LogP contribution in [0, 0.1) is 11.3 Å². The highest BCUT2D eigenvalue weighted by Gasteiger charge is 2.13.